The topological polar surface area (TPSA) is 20.2 Å². The van der Waals surface area contributed by atoms with Crippen LogP contribution in [0.4, 0.5) is 0 Å². The minimum Gasteiger partial charge on any atom is -1.00 e. The number of hydrogen-bond acceptors (Lipinski definition) is 1. The molecule has 1 N–H and O–H groups in total. The van der Waals surface area contributed by atoms with Gasteiger partial charge in [0.1, 0.15) is 5.75 Å². The maximum Gasteiger partial charge on any atom is -1.00 e. The fourth-order valence-electron chi connectivity index (χ4n) is 1.29. The fourth-order valence-corrected chi connectivity index (χ4v) is 1.29. The third kappa shape index (κ3) is 12.1. The SMILES string of the molecule is Cc1cc(C)cc(O)c1.[C-]1=CC=CC1.[CH2]=[Ti+].[Cl-].[Cl-]. The summed E-state index contributed by atoms with van der Waals surface area (Å²) in [6.07, 6.45) is 10.0. The standard InChI is InChI=1S/C8H10O.C5H5.CH2.2ClH.Ti/c1-6-3-7(2)5-8(9)4-6;1-2-4-5-3-1;;;;/h3-5,9H,1-2H3;1-3H,4H2;1H2;2*1H;/q;-1;;;;+1/p-2. The summed E-state index contributed by atoms with van der Waals surface area (Å²) in [5.41, 5.74) is 2.21. The second kappa shape index (κ2) is 14.7. The molecule has 0 spiro atoms. The van der Waals surface area contributed by atoms with E-state index in [9.17, 15) is 0 Å². The van der Waals surface area contributed by atoms with Crippen molar-refractivity contribution in [2.75, 3.05) is 0 Å². The molecule has 18 heavy (non-hydrogen) atoms. The number of phenolic OH excluding ortho intramolecular Hbond substituents is 1. The molecule has 0 heterocycles. The van der Waals surface area contributed by atoms with E-state index >= 15 is 0 Å². The molecule has 0 unspecified atom stereocenters. The molecule has 99 valence electrons. The zero-order valence-corrected chi connectivity index (χ0v) is 13.7. The van der Waals surface area contributed by atoms with E-state index in [0.29, 0.717) is 5.75 Å². The Morgan fingerprint density at radius 3 is 1.83 bits per heavy atom. The van der Waals surface area contributed by atoms with Gasteiger partial charge in [0.05, 0.1) is 0 Å². The van der Waals surface area contributed by atoms with Gasteiger partial charge in [-0.05, 0) is 37.1 Å². The smallest absolute Gasteiger partial charge is 1.00 e. The van der Waals surface area contributed by atoms with Crippen molar-refractivity contribution in [2.24, 2.45) is 0 Å². The van der Waals surface area contributed by atoms with Crippen LogP contribution in [-0.4, -0.2) is 9.92 Å². The summed E-state index contributed by atoms with van der Waals surface area (Å²) in [7, 11) is 0. The molecule has 0 fully saturated rings. The number of rotatable bonds is 0. The van der Waals surface area contributed by atoms with Gasteiger partial charge in [0.15, 0.2) is 0 Å². The molecule has 1 aromatic carbocycles. The van der Waals surface area contributed by atoms with E-state index in [1.165, 1.54) is 0 Å². The van der Waals surface area contributed by atoms with Gasteiger partial charge in [-0.1, -0.05) is 6.07 Å². The van der Waals surface area contributed by atoms with Crippen LogP contribution < -0.4 is 24.8 Å². The number of hydrogen-bond donors (Lipinski definition) is 1. The predicted molar refractivity (Wildman–Crippen MR) is 66.3 cm³/mol. The molecule has 0 aliphatic heterocycles. The maximum atomic E-state index is 8.99. The number of allylic oxidation sites excluding steroid dienone is 4. The minimum absolute atomic E-state index is 0. The average molecular weight is 320 g/mol. The molecule has 0 saturated carbocycles. The van der Waals surface area contributed by atoms with Crippen LogP contribution >= 0.6 is 0 Å². The molecule has 0 aromatic heterocycles. The summed E-state index contributed by atoms with van der Waals surface area (Å²) in [4.78, 5) is 3.25. The Bertz CT molecular complexity index is 316. The molecule has 0 atom stereocenters. The number of aromatic hydroxyl groups is 1. The molecule has 0 amide bonds. The van der Waals surface area contributed by atoms with Crippen molar-refractivity contribution in [2.45, 2.75) is 20.3 Å². The van der Waals surface area contributed by atoms with E-state index in [2.05, 4.69) is 17.0 Å². The molecule has 1 nitrogen and oxygen atoms in total. The van der Waals surface area contributed by atoms with E-state index in [1.54, 1.807) is 32.1 Å². The van der Waals surface area contributed by atoms with Gasteiger partial charge in [-0.3, -0.25) is 6.08 Å². The number of benzene rings is 1. The van der Waals surface area contributed by atoms with Crippen molar-refractivity contribution in [3.05, 3.63) is 53.6 Å². The number of aryl methyl sites for hydroxylation is 2. The van der Waals surface area contributed by atoms with Crippen LogP contribution in [-0.2, 0) is 20.0 Å². The summed E-state index contributed by atoms with van der Waals surface area (Å²) < 4.78 is 0. The van der Waals surface area contributed by atoms with E-state index in [4.69, 9.17) is 5.11 Å². The van der Waals surface area contributed by atoms with Gasteiger partial charge in [-0.15, -0.1) is 6.42 Å². The number of halogens is 2. The van der Waals surface area contributed by atoms with Crippen molar-refractivity contribution < 1.29 is 49.9 Å². The van der Waals surface area contributed by atoms with E-state index in [1.807, 2.05) is 32.1 Å². The van der Waals surface area contributed by atoms with E-state index < -0.39 is 0 Å². The Hall–Kier alpha value is -0.336. The minimum atomic E-state index is 0. The van der Waals surface area contributed by atoms with Crippen molar-refractivity contribution >= 4 is 4.82 Å². The number of phenols is 1. The molecule has 2 rings (SSSR count). The van der Waals surface area contributed by atoms with Crippen molar-refractivity contribution in [1.82, 2.24) is 0 Å². The third-order valence-electron chi connectivity index (χ3n) is 1.79. The predicted octanol–water partition coefficient (Wildman–Crippen LogP) is -2.71. The van der Waals surface area contributed by atoms with E-state index in [-0.39, 0.29) is 24.8 Å². The Kier molecular flexibility index (Phi) is 18.7. The van der Waals surface area contributed by atoms with Gasteiger partial charge in [0.25, 0.3) is 0 Å². The van der Waals surface area contributed by atoms with Gasteiger partial charge < -0.3 is 29.9 Å². The van der Waals surface area contributed by atoms with Crippen LogP contribution in [0.15, 0.2) is 36.4 Å². The first-order valence-electron chi connectivity index (χ1n) is 5.03. The molecular formula is C14H17Cl2OTi-2. The molecule has 1 aliphatic rings. The Morgan fingerprint density at radius 2 is 1.61 bits per heavy atom. The first kappa shape index (κ1) is 22.8. The molecule has 1 aromatic rings. The first-order valence-corrected chi connectivity index (χ1v) is 6.13. The quantitative estimate of drug-likeness (QED) is 0.407. The zero-order valence-electron chi connectivity index (χ0n) is 10.6. The van der Waals surface area contributed by atoms with Crippen LogP contribution in [0, 0.1) is 19.9 Å². The normalized spacial score (nSPS) is 10.0. The van der Waals surface area contributed by atoms with Crippen LogP contribution in [0.3, 0.4) is 0 Å². The van der Waals surface area contributed by atoms with Crippen LogP contribution in [0.2, 0.25) is 0 Å². The average Bonchev–Trinajstić information content (AvgIpc) is 2.76. The molecule has 0 bridgehead atoms. The molecule has 4 heteroatoms. The largest absolute Gasteiger partial charge is 1.00 e. The van der Waals surface area contributed by atoms with Gasteiger partial charge in [0, 0.05) is 0 Å². The summed E-state index contributed by atoms with van der Waals surface area (Å²) in [5, 5.41) is 8.99. The van der Waals surface area contributed by atoms with Gasteiger partial charge >= 0.3 is 24.8 Å². The van der Waals surface area contributed by atoms with Crippen molar-refractivity contribution in [3.8, 4) is 5.75 Å². The summed E-state index contributed by atoms with van der Waals surface area (Å²) in [5.74, 6) is 0.354. The Balaban J connectivity index is -0.000000217. The summed E-state index contributed by atoms with van der Waals surface area (Å²) in [6, 6.07) is 5.51. The summed E-state index contributed by atoms with van der Waals surface area (Å²) in [6.45, 7) is 3.93. The fraction of sp³-hybridized carbons (Fsp3) is 0.214. The monoisotopic (exact) mass is 319 g/mol. The Labute approximate surface area is 134 Å². The first-order chi connectivity index (χ1) is 7.68. The van der Waals surface area contributed by atoms with Crippen molar-refractivity contribution in [1.29, 1.82) is 0 Å². The third-order valence-corrected chi connectivity index (χ3v) is 1.79. The van der Waals surface area contributed by atoms with Crippen molar-refractivity contribution in [3.63, 3.8) is 0 Å². The Morgan fingerprint density at radius 1 is 1.11 bits per heavy atom. The summed E-state index contributed by atoms with van der Waals surface area (Å²) >= 11 is 1.75. The van der Waals surface area contributed by atoms with Crippen LogP contribution in [0.1, 0.15) is 17.5 Å². The zero-order chi connectivity index (χ0) is 12.4. The van der Waals surface area contributed by atoms with Crippen LogP contribution in [0.5, 0.6) is 5.75 Å². The molecule has 0 radical (unpaired) electrons. The maximum absolute atomic E-state index is 8.99. The second-order valence-electron chi connectivity index (χ2n) is 3.35. The van der Waals surface area contributed by atoms with Crippen LogP contribution in [0.25, 0.3) is 0 Å². The second-order valence-corrected chi connectivity index (χ2v) is 3.35. The van der Waals surface area contributed by atoms with E-state index in [0.717, 1.165) is 17.5 Å². The molecular weight excluding hydrogens is 303 g/mol. The van der Waals surface area contributed by atoms with Gasteiger partial charge in [-0.2, -0.15) is 6.08 Å². The molecule has 0 saturated heterocycles. The van der Waals surface area contributed by atoms with Gasteiger partial charge in [0.2, 0.25) is 0 Å². The van der Waals surface area contributed by atoms with Gasteiger partial charge in [-0.25, -0.2) is 12.2 Å². The molecule has 1 aliphatic carbocycles.